The molecule has 2 aromatic rings. The van der Waals surface area contributed by atoms with Crippen LogP contribution in [0.3, 0.4) is 0 Å². The molecule has 1 saturated carbocycles. The summed E-state index contributed by atoms with van der Waals surface area (Å²) in [5.41, 5.74) is -1.63. The summed E-state index contributed by atoms with van der Waals surface area (Å²) in [5, 5.41) is 0. The summed E-state index contributed by atoms with van der Waals surface area (Å²) >= 11 is 0. The number of esters is 1. The molecule has 3 unspecified atom stereocenters. The van der Waals surface area contributed by atoms with Crippen molar-refractivity contribution in [3.05, 3.63) is 65.0 Å². The van der Waals surface area contributed by atoms with Gasteiger partial charge in [-0.15, -0.1) is 0 Å². The number of benzene rings is 2. The largest absolute Gasteiger partial charge is 0.461 e. The number of carbonyl (C=O) groups excluding carboxylic acids is 2. The first-order chi connectivity index (χ1) is 14.2. The molecule has 0 aromatic heterocycles. The number of amides is 1. The Labute approximate surface area is 168 Å². The fraction of sp³-hybridized carbons (Fsp3) is 0.333. The minimum absolute atomic E-state index is 0.0508. The predicted octanol–water partition coefficient (Wildman–Crippen LogP) is 4.26. The number of nitrogens with zero attached hydrogens (tertiary/aromatic N) is 1. The van der Waals surface area contributed by atoms with Gasteiger partial charge in [-0.25, -0.2) is 22.0 Å². The van der Waals surface area contributed by atoms with E-state index in [0.717, 1.165) is 0 Å². The van der Waals surface area contributed by atoms with E-state index < -0.39 is 70.4 Å². The Morgan fingerprint density at radius 2 is 1.60 bits per heavy atom. The van der Waals surface area contributed by atoms with Crippen molar-refractivity contribution in [3.8, 4) is 0 Å². The van der Waals surface area contributed by atoms with E-state index in [1.807, 2.05) is 0 Å². The fourth-order valence-corrected chi connectivity index (χ4v) is 4.08. The molecule has 9 heteroatoms. The maximum absolute atomic E-state index is 14.3. The van der Waals surface area contributed by atoms with Crippen LogP contribution in [0.1, 0.15) is 25.3 Å². The van der Waals surface area contributed by atoms with Gasteiger partial charge in [0.15, 0.2) is 23.3 Å². The molecule has 1 amide bonds. The van der Waals surface area contributed by atoms with Crippen molar-refractivity contribution in [2.24, 2.45) is 11.3 Å². The van der Waals surface area contributed by atoms with E-state index >= 15 is 0 Å². The summed E-state index contributed by atoms with van der Waals surface area (Å²) in [6.45, 7) is 1.49. The molecular weight excluding hydrogens is 409 g/mol. The monoisotopic (exact) mass is 425 g/mol. The van der Waals surface area contributed by atoms with Gasteiger partial charge < -0.3 is 9.64 Å². The summed E-state index contributed by atoms with van der Waals surface area (Å²) < 4.78 is 74.6. The SMILES string of the molecule is CC12CC1C(CC(=O)OCc1ccccc1)N(c1c(F)c(F)c(F)c(F)c1F)C2=O. The van der Waals surface area contributed by atoms with Crippen LogP contribution >= 0.6 is 0 Å². The average molecular weight is 425 g/mol. The molecule has 30 heavy (non-hydrogen) atoms. The van der Waals surface area contributed by atoms with Crippen LogP contribution in [-0.4, -0.2) is 17.9 Å². The molecule has 2 aromatic carbocycles. The molecular formula is C21H16F5NO3. The topological polar surface area (TPSA) is 46.6 Å². The van der Waals surface area contributed by atoms with E-state index in [-0.39, 0.29) is 6.61 Å². The number of rotatable bonds is 5. The Hall–Kier alpha value is -2.97. The lowest BCUT2D eigenvalue weighted by Gasteiger charge is -2.28. The Morgan fingerprint density at radius 1 is 1.03 bits per heavy atom. The predicted molar refractivity (Wildman–Crippen MR) is 94.6 cm³/mol. The number of piperidine rings is 1. The smallest absolute Gasteiger partial charge is 0.308 e. The number of halogens is 5. The van der Waals surface area contributed by atoms with Crippen molar-refractivity contribution in [3.63, 3.8) is 0 Å². The van der Waals surface area contributed by atoms with Crippen LogP contribution in [0.4, 0.5) is 27.6 Å². The van der Waals surface area contributed by atoms with Gasteiger partial charge in [0, 0.05) is 0 Å². The highest BCUT2D eigenvalue weighted by Gasteiger charge is 2.69. The second-order valence-electron chi connectivity index (χ2n) is 7.74. The molecule has 4 nitrogen and oxygen atoms in total. The van der Waals surface area contributed by atoms with Crippen LogP contribution < -0.4 is 4.90 Å². The summed E-state index contributed by atoms with van der Waals surface area (Å²) in [7, 11) is 0. The van der Waals surface area contributed by atoms with Crippen LogP contribution in [0.25, 0.3) is 0 Å². The third-order valence-electron chi connectivity index (χ3n) is 5.85. The molecule has 2 aliphatic rings. The van der Waals surface area contributed by atoms with Gasteiger partial charge in [0.2, 0.25) is 11.7 Å². The molecule has 0 N–H and O–H groups in total. The third kappa shape index (κ3) is 3.03. The Bertz CT molecular complexity index is 1020. The van der Waals surface area contributed by atoms with Crippen LogP contribution in [0, 0.1) is 40.4 Å². The quantitative estimate of drug-likeness (QED) is 0.311. The molecule has 3 atom stereocenters. The van der Waals surface area contributed by atoms with Crippen LogP contribution in [0.2, 0.25) is 0 Å². The van der Waals surface area contributed by atoms with Crippen LogP contribution in [0.5, 0.6) is 0 Å². The standard InChI is InChI=1S/C21H16F5NO3/c1-21-8-11(21)12(7-13(28)30-9-10-5-3-2-4-6-10)27(20(21)29)19-17(25)15(23)14(22)16(24)18(19)26/h2-6,11-12H,7-9H2,1H3. The lowest BCUT2D eigenvalue weighted by atomic mass is 10.1. The minimum atomic E-state index is -2.31. The second kappa shape index (κ2) is 7.07. The van der Waals surface area contributed by atoms with Gasteiger partial charge >= 0.3 is 5.97 Å². The molecule has 1 saturated heterocycles. The van der Waals surface area contributed by atoms with Gasteiger partial charge in [-0.2, -0.15) is 0 Å². The van der Waals surface area contributed by atoms with Gasteiger partial charge in [-0.1, -0.05) is 37.3 Å². The van der Waals surface area contributed by atoms with Crippen molar-refractivity contribution in [2.75, 3.05) is 4.90 Å². The number of fused-ring (bicyclic) bond motifs is 1. The van der Waals surface area contributed by atoms with E-state index in [4.69, 9.17) is 4.74 Å². The molecule has 0 radical (unpaired) electrons. The van der Waals surface area contributed by atoms with Crippen molar-refractivity contribution >= 4 is 17.6 Å². The van der Waals surface area contributed by atoms with Crippen molar-refractivity contribution in [1.29, 1.82) is 0 Å². The normalized spacial score (nSPS) is 24.7. The van der Waals surface area contributed by atoms with E-state index in [0.29, 0.717) is 16.9 Å². The molecule has 2 fully saturated rings. The maximum atomic E-state index is 14.3. The Morgan fingerprint density at radius 3 is 2.20 bits per heavy atom. The van der Waals surface area contributed by atoms with Gasteiger partial charge in [-0.05, 0) is 17.9 Å². The van der Waals surface area contributed by atoms with E-state index in [2.05, 4.69) is 0 Å². The number of ether oxygens (including phenoxy) is 1. The number of carbonyl (C=O) groups is 2. The third-order valence-corrected chi connectivity index (χ3v) is 5.85. The Kier molecular flexibility index (Phi) is 4.79. The summed E-state index contributed by atoms with van der Waals surface area (Å²) in [5.74, 6) is -12.8. The van der Waals surface area contributed by atoms with Gasteiger partial charge in [0.25, 0.3) is 0 Å². The highest BCUT2D eigenvalue weighted by Crippen LogP contribution is 2.63. The summed E-state index contributed by atoms with van der Waals surface area (Å²) in [6, 6.07) is 7.67. The fourth-order valence-electron chi connectivity index (χ4n) is 4.08. The molecule has 1 aliphatic carbocycles. The van der Waals surface area contributed by atoms with Crippen LogP contribution in [0.15, 0.2) is 30.3 Å². The van der Waals surface area contributed by atoms with E-state index in [1.54, 1.807) is 30.3 Å². The highest BCUT2D eigenvalue weighted by atomic mass is 19.2. The number of hydrogen-bond acceptors (Lipinski definition) is 3. The summed E-state index contributed by atoms with van der Waals surface area (Å²) in [6.07, 6.45) is -0.0767. The lowest BCUT2D eigenvalue weighted by Crippen LogP contribution is -2.41. The molecule has 158 valence electrons. The molecule has 1 heterocycles. The maximum Gasteiger partial charge on any atom is 0.308 e. The molecule has 4 rings (SSSR count). The second-order valence-corrected chi connectivity index (χ2v) is 7.74. The molecule has 1 aliphatic heterocycles. The van der Waals surface area contributed by atoms with Crippen molar-refractivity contribution in [1.82, 2.24) is 0 Å². The minimum Gasteiger partial charge on any atom is -0.461 e. The molecule has 0 bridgehead atoms. The zero-order chi connectivity index (χ0) is 21.8. The first-order valence-electron chi connectivity index (χ1n) is 9.21. The highest BCUT2D eigenvalue weighted by molar-refractivity contribution is 6.04. The summed E-state index contributed by atoms with van der Waals surface area (Å²) in [4.78, 5) is 25.6. The lowest BCUT2D eigenvalue weighted by molar-refractivity contribution is -0.145. The average Bonchev–Trinajstić information content (AvgIpc) is 3.39. The first-order valence-corrected chi connectivity index (χ1v) is 9.21. The van der Waals surface area contributed by atoms with Crippen molar-refractivity contribution < 1.29 is 36.3 Å². The molecule has 0 spiro atoms. The van der Waals surface area contributed by atoms with Crippen LogP contribution in [-0.2, 0) is 20.9 Å². The number of anilines is 1. The van der Waals surface area contributed by atoms with Gasteiger partial charge in [0.05, 0.1) is 17.9 Å². The first kappa shape index (κ1) is 20.3. The Balaban J connectivity index is 1.62. The van der Waals surface area contributed by atoms with E-state index in [1.165, 1.54) is 6.92 Å². The zero-order valence-electron chi connectivity index (χ0n) is 15.7. The zero-order valence-corrected chi connectivity index (χ0v) is 15.7. The van der Waals surface area contributed by atoms with E-state index in [9.17, 15) is 31.5 Å². The van der Waals surface area contributed by atoms with Gasteiger partial charge in [0.1, 0.15) is 12.3 Å². The number of hydrogen-bond donors (Lipinski definition) is 0. The van der Waals surface area contributed by atoms with Crippen molar-refractivity contribution in [2.45, 2.75) is 32.4 Å². The van der Waals surface area contributed by atoms with Gasteiger partial charge in [-0.3, -0.25) is 9.59 Å².